The van der Waals surface area contributed by atoms with E-state index in [4.69, 9.17) is 16.6 Å². The molecule has 1 atom stereocenters. The number of anilines is 1. The van der Waals surface area contributed by atoms with Gasteiger partial charge < -0.3 is 9.80 Å². The first-order valence-electron chi connectivity index (χ1n) is 11.5. The van der Waals surface area contributed by atoms with E-state index in [0.29, 0.717) is 30.6 Å². The molecule has 0 unspecified atom stereocenters. The average molecular weight is 461 g/mol. The Morgan fingerprint density at radius 2 is 1.91 bits per heavy atom. The van der Waals surface area contributed by atoms with Crippen LogP contribution < -0.4 is 4.90 Å². The lowest BCUT2D eigenvalue weighted by molar-refractivity contribution is -0.134. The average Bonchev–Trinajstić information content (AvgIpc) is 3.57. The van der Waals surface area contributed by atoms with E-state index in [9.17, 15) is 4.79 Å². The molecular weight excluding hydrogens is 436 g/mol. The quantitative estimate of drug-likeness (QED) is 0.454. The number of aryl methyl sites for hydroxylation is 1. The molecule has 33 heavy (non-hydrogen) atoms. The minimum atomic E-state index is 0.108. The summed E-state index contributed by atoms with van der Waals surface area (Å²) in [5.41, 5.74) is 3.70. The summed E-state index contributed by atoms with van der Waals surface area (Å²) in [5, 5.41) is 10.7. The zero-order valence-electron chi connectivity index (χ0n) is 18.7. The lowest BCUT2D eigenvalue weighted by Crippen LogP contribution is -2.55. The summed E-state index contributed by atoms with van der Waals surface area (Å²) in [6.45, 7) is 6.31. The lowest BCUT2D eigenvalue weighted by atomic mass is 10.1. The molecule has 2 aromatic carbocycles. The molecule has 2 aliphatic rings. The van der Waals surface area contributed by atoms with Gasteiger partial charge in [0.2, 0.25) is 11.9 Å². The molecule has 1 aliphatic heterocycles. The molecule has 2 fully saturated rings. The van der Waals surface area contributed by atoms with Crippen molar-refractivity contribution in [3.8, 4) is 11.4 Å². The largest absolute Gasteiger partial charge is 0.338 e. The topological polar surface area (TPSA) is 66.6 Å². The Kier molecular flexibility index (Phi) is 4.76. The Labute approximate surface area is 197 Å². The second-order valence-electron chi connectivity index (χ2n) is 9.17. The summed E-state index contributed by atoms with van der Waals surface area (Å²) in [7, 11) is 0. The van der Waals surface area contributed by atoms with Crippen molar-refractivity contribution in [2.24, 2.45) is 5.92 Å². The highest BCUT2D eigenvalue weighted by atomic mass is 35.5. The Morgan fingerprint density at radius 1 is 1.09 bits per heavy atom. The predicted molar refractivity (Wildman–Crippen MR) is 130 cm³/mol. The van der Waals surface area contributed by atoms with Crippen molar-refractivity contribution in [2.75, 3.05) is 24.5 Å². The van der Waals surface area contributed by atoms with Gasteiger partial charge in [0.25, 0.3) is 0 Å². The second kappa shape index (κ2) is 7.70. The van der Waals surface area contributed by atoms with Gasteiger partial charge in [-0.05, 0) is 50.5 Å². The van der Waals surface area contributed by atoms with E-state index in [1.165, 1.54) is 0 Å². The number of halogens is 1. The number of benzene rings is 2. The standard InChI is InChI=1S/C25H25ClN6O/c1-15-5-3-4-6-19(15)22-28-29-23-20-10-9-18(26)13-21(20)27-25(32(22)23)30-11-12-31(16(2)14-30)24(33)17-7-8-17/h3-6,9-10,13,16-17H,7-8,11-12,14H2,1-2H3/t16-/m0/s1. The van der Waals surface area contributed by atoms with Crippen LogP contribution in [0.1, 0.15) is 25.3 Å². The van der Waals surface area contributed by atoms with E-state index in [0.717, 1.165) is 52.3 Å². The third kappa shape index (κ3) is 3.42. The maximum atomic E-state index is 12.7. The van der Waals surface area contributed by atoms with Crippen LogP contribution in [-0.4, -0.2) is 56.1 Å². The van der Waals surface area contributed by atoms with Gasteiger partial charge in [0.15, 0.2) is 11.5 Å². The number of aromatic nitrogens is 4. The molecule has 2 aromatic heterocycles. The SMILES string of the molecule is Cc1ccccc1-c1nnc2c3ccc(Cl)cc3nc(N3CCN(C(=O)C4CC4)[C@@H](C)C3)n12. The van der Waals surface area contributed by atoms with Crippen LogP contribution >= 0.6 is 11.6 Å². The molecule has 4 aromatic rings. The third-order valence-corrected chi connectivity index (χ3v) is 7.03. The van der Waals surface area contributed by atoms with Gasteiger partial charge in [-0.15, -0.1) is 10.2 Å². The van der Waals surface area contributed by atoms with Gasteiger partial charge >= 0.3 is 0 Å². The van der Waals surface area contributed by atoms with Gasteiger partial charge in [0.05, 0.1) is 5.52 Å². The molecule has 0 radical (unpaired) electrons. The molecule has 7 nitrogen and oxygen atoms in total. The predicted octanol–water partition coefficient (Wildman–Crippen LogP) is 4.35. The fraction of sp³-hybridized carbons (Fsp3) is 0.360. The monoisotopic (exact) mass is 460 g/mol. The van der Waals surface area contributed by atoms with Gasteiger partial charge in [-0.25, -0.2) is 9.38 Å². The summed E-state index contributed by atoms with van der Waals surface area (Å²) in [4.78, 5) is 22.1. The van der Waals surface area contributed by atoms with Crippen LogP contribution in [0.3, 0.4) is 0 Å². The van der Waals surface area contributed by atoms with E-state index in [-0.39, 0.29) is 12.0 Å². The second-order valence-corrected chi connectivity index (χ2v) is 9.61. The van der Waals surface area contributed by atoms with Crippen molar-refractivity contribution in [1.82, 2.24) is 24.5 Å². The zero-order chi connectivity index (χ0) is 22.7. The highest BCUT2D eigenvalue weighted by Crippen LogP contribution is 2.34. The third-order valence-electron chi connectivity index (χ3n) is 6.79. The fourth-order valence-corrected chi connectivity index (χ4v) is 5.00. The van der Waals surface area contributed by atoms with Crippen LogP contribution in [0.25, 0.3) is 27.9 Å². The minimum Gasteiger partial charge on any atom is -0.338 e. The van der Waals surface area contributed by atoms with Gasteiger partial charge in [0.1, 0.15) is 0 Å². The molecule has 3 heterocycles. The van der Waals surface area contributed by atoms with Crippen LogP contribution in [-0.2, 0) is 4.79 Å². The lowest BCUT2D eigenvalue weighted by Gasteiger charge is -2.40. The van der Waals surface area contributed by atoms with E-state index < -0.39 is 0 Å². The summed E-state index contributed by atoms with van der Waals surface area (Å²) < 4.78 is 2.06. The molecule has 1 aliphatic carbocycles. The summed E-state index contributed by atoms with van der Waals surface area (Å²) in [6, 6.07) is 14.0. The highest BCUT2D eigenvalue weighted by molar-refractivity contribution is 6.31. The first kappa shape index (κ1) is 20.4. The number of fused-ring (bicyclic) bond motifs is 3. The molecular formula is C25H25ClN6O. The Hall–Kier alpha value is -3.19. The van der Waals surface area contributed by atoms with Gasteiger partial charge in [0, 0.05) is 47.6 Å². The first-order valence-corrected chi connectivity index (χ1v) is 11.8. The smallest absolute Gasteiger partial charge is 0.226 e. The van der Waals surface area contributed by atoms with Crippen LogP contribution in [0.5, 0.6) is 0 Å². The van der Waals surface area contributed by atoms with Crippen molar-refractivity contribution >= 4 is 40.0 Å². The van der Waals surface area contributed by atoms with Gasteiger partial charge in [-0.1, -0.05) is 35.9 Å². The Bertz CT molecular complexity index is 1390. The van der Waals surface area contributed by atoms with Crippen molar-refractivity contribution in [2.45, 2.75) is 32.7 Å². The molecule has 0 N–H and O–H groups in total. The number of nitrogens with zero attached hydrogens (tertiary/aromatic N) is 6. The Balaban J connectivity index is 1.50. The number of amides is 1. The first-order chi connectivity index (χ1) is 16.0. The zero-order valence-corrected chi connectivity index (χ0v) is 19.5. The number of carbonyl (C=O) groups is 1. The maximum absolute atomic E-state index is 12.7. The number of piperazine rings is 1. The van der Waals surface area contributed by atoms with Gasteiger partial charge in [-0.3, -0.25) is 4.79 Å². The summed E-state index contributed by atoms with van der Waals surface area (Å²) in [6.07, 6.45) is 2.06. The minimum absolute atomic E-state index is 0.108. The molecule has 8 heteroatoms. The Morgan fingerprint density at radius 3 is 2.67 bits per heavy atom. The van der Waals surface area contributed by atoms with Crippen LogP contribution in [0.2, 0.25) is 5.02 Å². The number of rotatable bonds is 3. The van der Waals surface area contributed by atoms with Crippen LogP contribution in [0.15, 0.2) is 42.5 Å². The molecule has 0 bridgehead atoms. The fourth-order valence-electron chi connectivity index (χ4n) is 4.83. The van der Waals surface area contributed by atoms with Crippen molar-refractivity contribution < 1.29 is 4.79 Å². The molecule has 1 saturated heterocycles. The normalized spacial score (nSPS) is 18.9. The molecule has 6 rings (SSSR count). The maximum Gasteiger partial charge on any atom is 0.226 e. The van der Waals surface area contributed by atoms with E-state index in [1.807, 2.05) is 35.2 Å². The molecule has 0 spiro atoms. The molecule has 1 saturated carbocycles. The van der Waals surface area contributed by atoms with E-state index in [2.05, 4.69) is 45.5 Å². The summed E-state index contributed by atoms with van der Waals surface area (Å²) >= 11 is 6.30. The van der Waals surface area contributed by atoms with E-state index in [1.54, 1.807) is 0 Å². The summed E-state index contributed by atoms with van der Waals surface area (Å²) in [5.74, 6) is 2.09. The van der Waals surface area contributed by atoms with Crippen LogP contribution in [0, 0.1) is 12.8 Å². The van der Waals surface area contributed by atoms with Crippen molar-refractivity contribution in [3.05, 3.63) is 53.1 Å². The highest BCUT2D eigenvalue weighted by Gasteiger charge is 2.38. The number of hydrogen-bond donors (Lipinski definition) is 0. The van der Waals surface area contributed by atoms with Crippen molar-refractivity contribution in [3.63, 3.8) is 0 Å². The number of hydrogen-bond acceptors (Lipinski definition) is 5. The molecule has 168 valence electrons. The van der Waals surface area contributed by atoms with E-state index >= 15 is 0 Å². The molecule has 1 amide bonds. The van der Waals surface area contributed by atoms with Gasteiger partial charge in [-0.2, -0.15) is 0 Å². The van der Waals surface area contributed by atoms with Crippen molar-refractivity contribution in [1.29, 1.82) is 0 Å². The number of carbonyl (C=O) groups excluding carboxylic acids is 1. The van der Waals surface area contributed by atoms with Crippen LogP contribution in [0.4, 0.5) is 5.95 Å².